The summed E-state index contributed by atoms with van der Waals surface area (Å²) >= 11 is 7.43. The third kappa shape index (κ3) is 0.723. The fraction of sp³-hybridized carbons (Fsp3) is 0.909. The quantitative estimate of drug-likeness (QED) is 0.637. The summed E-state index contributed by atoms with van der Waals surface area (Å²) in [4.78, 5) is 0. The first-order valence-electron chi connectivity index (χ1n) is 5.29. The van der Waals surface area contributed by atoms with Crippen molar-refractivity contribution in [1.82, 2.24) is 0 Å². The van der Waals surface area contributed by atoms with E-state index in [1.165, 1.54) is 6.42 Å². The molecular weight excluding hydrogens is 322 g/mol. The SMILES string of the molecule is C[C@@]12CC[C@@H]3C(Br)(Br)[C@]1(C#N)OC[C@]32C. The van der Waals surface area contributed by atoms with Gasteiger partial charge in [-0.15, -0.1) is 0 Å². The summed E-state index contributed by atoms with van der Waals surface area (Å²) in [5.41, 5.74) is -0.584. The van der Waals surface area contributed by atoms with Gasteiger partial charge in [-0.05, 0) is 18.8 Å². The highest BCUT2D eigenvalue weighted by molar-refractivity contribution is 9.25. The van der Waals surface area contributed by atoms with Gasteiger partial charge in [0.15, 0.2) is 5.60 Å². The third-order valence-electron chi connectivity index (χ3n) is 5.39. The minimum Gasteiger partial charge on any atom is -0.356 e. The summed E-state index contributed by atoms with van der Waals surface area (Å²) in [5.74, 6) is 0.489. The number of hydrogen-bond acceptors (Lipinski definition) is 2. The predicted octanol–water partition coefficient (Wildman–Crippen LogP) is 3.20. The molecule has 0 amide bonds. The van der Waals surface area contributed by atoms with E-state index in [9.17, 15) is 5.26 Å². The fourth-order valence-electron chi connectivity index (χ4n) is 4.20. The Labute approximate surface area is 107 Å². The zero-order valence-electron chi connectivity index (χ0n) is 8.81. The maximum absolute atomic E-state index is 9.55. The lowest BCUT2D eigenvalue weighted by Crippen LogP contribution is -2.54. The van der Waals surface area contributed by atoms with Gasteiger partial charge in [-0.25, -0.2) is 0 Å². The van der Waals surface area contributed by atoms with Crippen molar-refractivity contribution in [2.45, 2.75) is 35.5 Å². The van der Waals surface area contributed by atoms with Crippen molar-refractivity contribution >= 4 is 31.9 Å². The number of ether oxygens (including phenoxy) is 1. The average Bonchev–Trinajstić information content (AvgIpc) is 2.56. The molecule has 0 radical (unpaired) electrons. The van der Waals surface area contributed by atoms with Gasteiger partial charge in [0.1, 0.15) is 9.30 Å². The molecular formula is C11H13Br2NO. The van der Waals surface area contributed by atoms with Gasteiger partial charge in [-0.3, -0.25) is 0 Å². The summed E-state index contributed by atoms with van der Waals surface area (Å²) in [5, 5.41) is 9.55. The monoisotopic (exact) mass is 333 g/mol. The molecule has 0 unspecified atom stereocenters. The second-order valence-corrected chi connectivity index (χ2v) is 9.11. The van der Waals surface area contributed by atoms with Crippen molar-refractivity contribution in [3.63, 3.8) is 0 Å². The molecule has 3 fully saturated rings. The van der Waals surface area contributed by atoms with Crippen LogP contribution in [0.3, 0.4) is 0 Å². The first-order chi connectivity index (χ1) is 6.86. The summed E-state index contributed by atoms with van der Waals surface area (Å²) in [6.45, 7) is 5.21. The Morgan fingerprint density at radius 2 is 2.07 bits per heavy atom. The molecule has 0 aromatic rings. The molecule has 1 aliphatic heterocycles. The number of hydrogen-bond donors (Lipinski definition) is 0. The zero-order valence-corrected chi connectivity index (χ0v) is 12.0. The highest BCUT2D eigenvalue weighted by atomic mass is 79.9. The molecule has 0 N–H and O–H groups in total. The van der Waals surface area contributed by atoms with E-state index in [4.69, 9.17) is 4.74 Å². The summed E-state index contributed by atoms with van der Waals surface area (Å²) in [6.07, 6.45) is 2.27. The van der Waals surface area contributed by atoms with Crippen LogP contribution < -0.4 is 0 Å². The molecule has 2 nitrogen and oxygen atoms in total. The predicted molar refractivity (Wildman–Crippen MR) is 63.8 cm³/mol. The van der Waals surface area contributed by atoms with E-state index < -0.39 is 5.60 Å². The van der Waals surface area contributed by atoms with Crippen LogP contribution in [-0.4, -0.2) is 15.4 Å². The standard InChI is InChI=1S/C11H13Br2NO/c1-8-6-15-10(5-14)9(8,2)4-3-7(8)11(10,12)13/h7H,3-4,6H2,1-2H3/t7-,8+,9-,10+/m0/s1. The highest BCUT2D eigenvalue weighted by Crippen LogP contribution is 2.81. The van der Waals surface area contributed by atoms with Crippen molar-refractivity contribution in [2.75, 3.05) is 6.61 Å². The Balaban J connectivity index is 2.30. The van der Waals surface area contributed by atoms with E-state index in [1.807, 2.05) is 0 Å². The maximum Gasteiger partial charge on any atom is 0.185 e. The normalized spacial score (nSPS) is 59.5. The molecule has 4 atom stereocenters. The highest BCUT2D eigenvalue weighted by Gasteiger charge is 2.85. The lowest BCUT2D eigenvalue weighted by Gasteiger charge is -2.44. The second-order valence-electron chi connectivity index (χ2n) is 5.55. The van der Waals surface area contributed by atoms with E-state index in [0.29, 0.717) is 5.92 Å². The van der Waals surface area contributed by atoms with Crippen LogP contribution in [0.4, 0.5) is 0 Å². The van der Waals surface area contributed by atoms with E-state index in [1.54, 1.807) is 0 Å². The molecule has 2 saturated carbocycles. The molecule has 4 heteroatoms. The Morgan fingerprint density at radius 1 is 1.40 bits per heavy atom. The van der Waals surface area contributed by atoms with E-state index >= 15 is 0 Å². The van der Waals surface area contributed by atoms with Crippen LogP contribution in [0.5, 0.6) is 0 Å². The summed E-state index contributed by atoms with van der Waals surface area (Å²) in [6, 6.07) is 2.44. The summed E-state index contributed by atoms with van der Waals surface area (Å²) in [7, 11) is 0. The van der Waals surface area contributed by atoms with Gasteiger partial charge in [0.25, 0.3) is 0 Å². The van der Waals surface area contributed by atoms with Gasteiger partial charge in [0.05, 0.1) is 6.61 Å². The first-order valence-corrected chi connectivity index (χ1v) is 6.87. The van der Waals surface area contributed by atoms with Crippen LogP contribution in [0.1, 0.15) is 26.7 Å². The zero-order chi connectivity index (χ0) is 11.1. The van der Waals surface area contributed by atoms with Gasteiger partial charge < -0.3 is 4.74 Å². The molecule has 4 bridgehead atoms. The van der Waals surface area contributed by atoms with Crippen molar-refractivity contribution in [1.29, 1.82) is 5.26 Å². The summed E-state index contributed by atoms with van der Waals surface area (Å²) < 4.78 is 5.53. The first kappa shape index (κ1) is 10.6. The van der Waals surface area contributed by atoms with E-state index in [-0.39, 0.29) is 14.1 Å². The molecule has 1 saturated heterocycles. The number of nitriles is 1. The third-order valence-corrected chi connectivity index (χ3v) is 7.61. The minimum atomic E-state index is -0.697. The van der Waals surface area contributed by atoms with E-state index in [2.05, 4.69) is 51.8 Å². The fourth-order valence-corrected chi connectivity index (χ4v) is 6.95. The number of rotatable bonds is 0. The van der Waals surface area contributed by atoms with Crippen LogP contribution in [0, 0.1) is 28.1 Å². The molecule has 82 valence electrons. The van der Waals surface area contributed by atoms with Crippen LogP contribution in [0.2, 0.25) is 0 Å². The Bertz CT molecular complexity index is 391. The van der Waals surface area contributed by atoms with Crippen LogP contribution in [0.15, 0.2) is 0 Å². The second kappa shape index (κ2) is 2.47. The van der Waals surface area contributed by atoms with Crippen molar-refractivity contribution < 1.29 is 4.74 Å². The topological polar surface area (TPSA) is 33.0 Å². The van der Waals surface area contributed by atoms with Gasteiger partial charge in [-0.1, -0.05) is 45.7 Å². The number of alkyl halides is 2. The molecule has 15 heavy (non-hydrogen) atoms. The largest absolute Gasteiger partial charge is 0.356 e. The Hall–Kier alpha value is 0.410. The molecule has 2 aliphatic carbocycles. The van der Waals surface area contributed by atoms with Gasteiger partial charge in [0, 0.05) is 10.8 Å². The smallest absolute Gasteiger partial charge is 0.185 e. The Morgan fingerprint density at radius 3 is 2.47 bits per heavy atom. The van der Waals surface area contributed by atoms with Crippen molar-refractivity contribution in [3.8, 4) is 6.07 Å². The molecule has 0 spiro atoms. The van der Waals surface area contributed by atoms with Gasteiger partial charge in [0.2, 0.25) is 0 Å². The average molecular weight is 335 g/mol. The van der Waals surface area contributed by atoms with Crippen LogP contribution >= 0.6 is 31.9 Å². The lowest BCUT2D eigenvalue weighted by atomic mass is 9.67. The van der Waals surface area contributed by atoms with Crippen LogP contribution in [0.25, 0.3) is 0 Å². The van der Waals surface area contributed by atoms with E-state index in [0.717, 1.165) is 13.0 Å². The molecule has 3 aliphatic rings. The number of halogens is 2. The lowest BCUT2D eigenvalue weighted by molar-refractivity contribution is -0.0411. The van der Waals surface area contributed by atoms with Crippen molar-refractivity contribution in [2.24, 2.45) is 16.7 Å². The molecule has 3 rings (SSSR count). The van der Waals surface area contributed by atoms with Crippen molar-refractivity contribution in [3.05, 3.63) is 0 Å². The van der Waals surface area contributed by atoms with Gasteiger partial charge >= 0.3 is 0 Å². The Kier molecular flexibility index (Phi) is 1.74. The minimum absolute atomic E-state index is 0.0214. The molecule has 1 heterocycles. The molecule has 0 aromatic carbocycles. The molecule has 0 aromatic heterocycles. The maximum atomic E-state index is 9.55. The number of nitrogens with zero attached hydrogens (tertiary/aromatic N) is 1. The van der Waals surface area contributed by atoms with Gasteiger partial charge in [-0.2, -0.15) is 5.26 Å². The van der Waals surface area contributed by atoms with Crippen LogP contribution in [-0.2, 0) is 4.74 Å².